The summed E-state index contributed by atoms with van der Waals surface area (Å²) in [6.07, 6.45) is 3.99. The van der Waals surface area contributed by atoms with Gasteiger partial charge in [-0.2, -0.15) is 5.10 Å². The van der Waals surface area contributed by atoms with Crippen molar-refractivity contribution in [1.82, 2.24) is 14.7 Å². The van der Waals surface area contributed by atoms with E-state index in [1.807, 2.05) is 35.4 Å². The second kappa shape index (κ2) is 5.85. The number of hydrogen-bond donors (Lipinski definition) is 1. The Kier molecular flexibility index (Phi) is 3.92. The van der Waals surface area contributed by atoms with E-state index in [9.17, 15) is 4.79 Å². The molecule has 1 aliphatic heterocycles. The standard InChI is InChI=1S/C16H22N4O/c1-12-6-7-20(14(8-12)9-17)16(21)11-19-10-13-4-2-3-5-15(13)18-19/h2-5,10,12,14H,6-9,11,17H2,1H3. The summed E-state index contributed by atoms with van der Waals surface area (Å²) >= 11 is 0. The van der Waals surface area contributed by atoms with Crippen LogP contribution in [-0.2, 0) is 11.3 Å². The molecule has 3 rings (SSSR count). The summed E-state index contributed by atoms with van der Waals surface area (Å²) in [5.41, 5.74) is 6.76. The van der Waals surface area contributed by atoms with E-state index in [2.05, 4.69) is 12.0 Å². The topological polar surface area (TPSA) is 64.2 Å². The van der Waals surface area contributed by atoms with Gasteiger partial charge in [-0.1, -0.05) is 25.1 Å². The van der Waals surface area contributed by atoms with Gasteiger partial charge in [0.15, 0.2) is 0 Å². The highest BCUT2D eigenvalue weighted by Crippen LogP contribution is 2.22. The van der Waals surface area contributed by atoms with Gasteiger partial charge < -0.3 is 10.6 Å². The molecular weight excluding hydrogens is 264 g/mol. The maximum Gasteiger partial charge on any atom is 0.244 e. The molecule has 5 heteroatoms. The lowest BCUT2D eigenvalue weighted by Gasteiger charge is -2.38. The van der Waals surface area contributed by atoms with Crippen molar-refractivity contribution in [1.29, 1.82) is 0 Å². The van der Waals surface area contributed by atoms with E-state index < -0.39 is 0 Å². The smallest absolute Gasteiger partial charge is 0.244 e. The van der Waals surface area contributed by atoms with Crippen LogP contribution in [-0.4, -0.2) is 39.7 Å². The van der Waals surface area contributed by atoms with Crippen LogP contribution in [0.25, 0.3) is 10.9 Å². The average Bonchev–Trinajstić information content (AvgIpc) is 2.88. The van der Waals surface area contributed by atoms with Gasteiger partial charge in [0.05, 0.1) is 5.52 Å². The van der Waals surface area contributed by atoms with E-state index in [0.29, 0.717) is 19.0 Å². The molecule has 5 nitrogen and oxygen atoms in total. The van der Waals surface area contributed by atoms with E-state index in [-0.39, 0.29) is 11.9 Å². The minimum atomic E-state index is 0.116. The van der Waals surface area contributed by atoms with E-state index in [1.165, 1.54) is 0 Å². The predicted octanol–water partition coefficient (Wildman–Crippen LogP) is 1.62. The van der Waals surface area contributed by atoms with Crippen molar-refractivity contribution in [3.05, 3.63) is 30.5 Å². The zero-order chi connectivity index (χ0) is 14.8. The highest BCUT2D eigenvalue weighted by Gasteiger charge is 2.28. The molecule has 112 valence electrons. The van der Waals surface area contributed by atoms with Crippen molar-refractivity contribution in [2.24, 2.45) is 11.7 Å². The Labute approximate surface area is 124 Å². The molecule has 21 heavy (non-hydrogen) atoms. The number of likely N-dealkylation sites (tertiary alicyclic amines) is 1. The summed E-state index contributed by atoms with van der Waals surface area (Å²) in [7, 11) is 0. The minimum absolute atomic E-state index is 0.116. The van der Waals surface area contributed by atoms with Crippen LogP contribution in [0.2, 0.25) is 0 Å². The SMILES string of the molecule is CC1CCN(C(=O)Cn2cc3ccccc3n2)C(CN)C1. The molecule has 0 saturated carbocycles. The number of carbonyl (C=O) groups excluding carboxylic acids is 1. The number of amides is 1. The van der Waals surface area contributed by atoms with Crippen molar-refractivity contribution in [3.8, 4) is 0 Å². The number of fused-ring (bicyclic) bond motifs is 1. The molecule has 0 aliphatic carbocycles. The van der Waals surface area contributed by atoms with Crippen molar-refractivity contribution in [3.63, 3.8) is 0 Å². The van der Waals surface area contributed by atoms with Crippen molar-refractivity contribution >= 4 is 16.8 Å². The Morgan fingerprint density at radius 2 is 2.24 bits per heavy atom. The third kappa shape index (κ3) is 2.93. The molecule has 1 aromatic carbocycles. The highest BCUT2D eigenvalue weighted by atomic mass is 16.2. The zero-order valence-electron chi connectivity index (χ0n) is 12.4. The van der Waals surface area contributed by atoms with E-state index in [0.717, 1.165) is 30.3 Å². The zero-order valence-corrected chi connectivity index (χ0v) is 12.4. The third-order valence-electron chi connectivity index (χ3n) is 4.33. The monoisotopic (exact) mass is 286 g/mol. The number of rotatable bonds is 3. The van der Waals surface area contributed by atoms with Crippen LogP contribution in [0.1, 0.15) is 19.8 Å². The van der Waals surface area contributed by atoms with Gasteiger partial charge in [0, 0.05) is 30.7 Å². The average molecular weight is 286 g/mol. The minimum Gasteiger partial charge on any atom is -0.337 e. The number of carbonyl (C=O) groups is 1. The number of benzene rings is 1. The Hall–Kier alpha value is -1.88. The van der Waals surface area contributed by atoms with E-state index in [4.69, 9.17) is 5.73 Å². The van der Waals surface area contributed by atoms with Gasteiger partial charge in [-0.05, 0) is 24.8 Å². The first-order valence-corrected chi connectivity index (χ1v) is 7.59. The molecule has 1 aromatic heterocycles. The predicted molar refractivity (Wildman–Crippen MR) is 82.7 cm³/mol. The number of hydrogen-bond acceptors (Lipinski definition) is 3. The number of nitrogens with two attached hydrogens (primary N) is 1. The van der Waals surface area contributed by atoms with Gasteiger partial charge in [0.1, 0.15) is 6.54 Å². The fraction of sp³-hybridized carbons (Fsp3) is 0.500. The Balaban J connectivity index is 1.73. The summed E-state index contributed by atoms with van der Waals surface area (Å²) in [6.45, 7) is 3.87. The molecule has 2 heterocycles. The largest absolute Gasteiger partial charge is 0.337 e. The summed E-state index contributed by atoms with van der Waals surface area (Å²) in [5, 5.41) is 5.51. The van der Waals surface area contributed by atoms with Crippen LogP contribution in [0.3, 0.4) is 0 Å². The van der Waals surface area contributed by atoms with Gasteiger partial charge in [0.2, 0.25) is 5.91 Å². The first-order valence-electron chi connectivity index (χ1n) is 7.59. The van der Waals surface area contributed by atoms with Crippen molar-refractivity contribution in [2.45, 2.75) is 32.4 Å². The molecule has 1 aliphatic rings. The molecule has 0 spiro atoms. The van der Waals surface area contributed by atoms with Gasteiger partial charge in [0.25, 0.3) is 0 Å². The summed E-state index contributed by atoms with van der Waals surface area (Å²) in [4.78, 5) is 14.5. The second-order valence-corrected chi connectivity index (χ2v) is 5.99. The fourth-order valence-electron chi connectivity index (χ4n) is 3.13. The van der Waals surface area contributed by atoms with Gasteiger partial charge in [-0.3, -0.25) is 9.48 Å². The van der Waals surface area contributed by atoms with Gasteiger partial charge in [-0.25, -0.2) is 0 Å². The lowest BCUT2D eigenvalue weighted by Crippen LogP contribution is -2.50. The van der Waals surface area contributed by atoms with E-state index in [1.54, 1.807) is 4.68 Å². The second-order valence-electron chi connectivity index (χ2n) is 5.99. The molecule has 1 saturated heterocycles. The van der Waals surface area contributed by atoms with Crippen molar-refractivity contribution in [2.75, 3.05) is 13.1 Å². The molecule has 2 unspecified atom stereocenters. The summed E-state index contributed by atoms with van der Waals surface area (Å²) in [5.74, 6) is 0.764. The van der Waals surface area contributed by atoms with Crippen LogP contribution >= 0.6 is 0 Å². The highest BCUT2D eigenvalue weighted by molar-refractivity contribution is 5.80. The van der Waals surface area contributed by atoms with Gasteiger partial charge in [-0.15, -0.1) is 0 Å². The quantitative estimate of drug-likeness (QED) is 0.932. The third-order valence-corrected chi connectivity index (χ3v) is 4.33. The number of nitrogens with zero attached hydrogens (tertiary/aromatic N) is 3. The fourth-order valence-corrected chi connectivity index (χ4v) is 3.13. The first kappa shape index (κ1) is 14.1. The van der Waals surface area contributed by atoms with Gasteiger partial charge >= 0.3 is 0 Å². The normalized spacial score (nSPS) is 22.7. The van der Waals surface area contributed by atoms with Crippen LogP contribution in [0, 0.1) is 5.92 Å². The molecule has 2 atom stereocenters. The van der Waals surface area contributed by atoms with Crippen molar-refractivity contribution < 1.29 is 4.79 Å². The number of aromatic nitrogens is 2. The molecular formula is C16H22N4O. The van der Waals surface area contributed by atoms with Crippen LogP contribution < -0.4 is 5.73 Å². The van der Waals surface area contributed by atoms with Crippen LogP contribution in [0.5, 0.6) is 0 Å². The van der Waals surface area contributed by atoms with Crippen LogP contribution in [0.15, 0.2) is 30.5 Å². The lowest BCUT2D eigenvalue weighted by atomic mass is 9.92. The number of piperidine rings is 1. The Morgan fingerprint density at radius 1 is 1.43 bits per heavy atom. The molecule has 1 amide bonds. The molecule has 1 fully saturated rings. The Morgan fingerprint density at radius 3 is 3.00 bits per heavy atom. The maximum atomic E-state index is 12.5. The molecule has 0 bridgehead atoms. The molecule has 2 N–H and O–H groups in total. The molecule has 0 radical (unpaired) electrons. The molecule has 2 aromatic rings. The maximum absolute atomic E-state index is 12.5. The Bertz CT molecular complexity index is 603. The first-order chi connectivity index (χ1) is 10.2. The van der Waals surface area contributed by atoms with E-state index >= 15 is 0 Å². The summed E-state index contributed by atoms with van der Waals surface area (Å²) < 4.78 is 1.73. The summed E-state index contributed by atoms with van der Waals surface area (Å²) in [6, 6.07) is 8.08. The van der Waals surface area contributed by atoms with Crippen LogP contribution in [0.4, 0.5) is 0 Å². The lowest BCUT2D eigenvalue weighted by molar-refractivity contribution is -0.136.